The van der Waals surface area contributed by atoms with Crippen molar-refractivity contribution in [3.63, 3.8) is 0 Å². The van der Waals surface area contributed by atoms with Crippen molar-refractivity contribution < 1.29 is 92.3 Å². The third kappa shape index (κ3) is 24.5. The van der Waals surface area contributed by atoms with E-state index in [4.69, 9.17) is 12.2 Å². The van der Waals surface area contributed by atoms with Crippen molar-refractivity contribution in [1.29, 1.82) is 0 Å². The molecule has 0 bridgehead atoms. The predicted molar refractivity (Wildman–Crippen MR) is 304 cm³/mol. The average Bonchev–Trinajstić information content (AvgIpc) is 2.23. The highest BCUT2D eigenvalue weighted by atomic mass is 32.1. The number of carbonyl (C=O) groups excluding carboxylic acids is 8. The Kier molecular flexibility index (Phi) is 28.3. The van der Waals surface area contributed by atoms with E-state index in [1.54, 1.807) is 52.8 Å². The summed E-state index contributed by atoms with van der Waals surface area (Å²) in [4.78, 5) is 169. The van der Waals surface area contributed by atoms with Crippen molar-refractivity contribution in [1.82, 2.24) is 56.8 Å². The van der Waals surface area contributed by atoms with Crippen LogP contribution < -0.4 is 42.5 Å². The number of nitrogens with one attached hydrogen (secondary N) is 8. The van der Waals surface area contributed by atoms with Gasteiger partial charge in [-0.3, -0.25) is 72.2 Å². The van der Waals surface area contributed by atoms with Crippen LogP contribution in [0.3, 0.4) is 0 Å². The minimum absolute atomic E-state index is 0.0231. The van der Waals surface area contributed by atoms with Crippen molar-refractivity contribution in [3.05, 3.63) is 65.5 Å². The Balaban J connectivity index is 1.29. The van der Waals surface area contributed by atoms with Gasteiger partial charge in [-0.25, -0.2) is 4.39 Å². The molecule has 0 radical (unpaired) electrons. The molecule has 2 heterocycles. The van der Waals surface area contributed by atoms with E-state index in [9.17, 15) is 92.3 Å². The monoisotopic (exact) mass is 1230 g/mol. The van der Waals surface area contributed by atoms with Gasteiger partial charge in [0.1, 0.15) is 30.2 Å². The Morgan fingerprint density at radius 3 is 1.93 bits per heavy atom. The Labute approximate surface area is 498 Å². The van der Waals surface area contributed by atoms with Crippen LogP contribution in [0, 0.1) is 11.7 Å². The second-order valence-corrected chi connectivity index (χ2v) is 21.0. The van der Waals surface area contributed by atoms with Gasteiger partial charge in [-0.1, -0.05) is 32.4 Å². The predicted octanol–water partition coefficient (Wildman–Crippen LogP) is -2.74. The molecule has 86 heavy (non-hydrogen) atoms. The summed E-state index contributed by atoms with van der Waals surface area (Å²) in [6.45, 7) is 1.95. The maximum atomic E-state index is 14.4. The number of hydrogen-bond acceptors (Lipinski definition) is 17. The summed E-state index contributed by atoms with van der Waals surface area (Å²) in [5.41, 5.74) is 1.38. The highest BCUT2D eigenvalue weighted by Gasteiger charge is 2.44. The van der Waals surface area contributed by atoms with E-state index >= 15 is 0 Å². The molecule has 13 N–H and O–H groups in total. The van der Waals surface area contributed by atoms with Gasteiger partial charge in [0.15, 0.2) is 5.11 Å². The zero-order chi connectivity index (χ0) is 63.6. The third-order valence-corrected chi connectivity index (χ3v) is 14.2. The van der Waals surface area contributed by atoms with E-state index in [0.717, 1.165) is 22.6 Å². The molecule has 0 aliphatic carbocycles. The average molecular weight is 1230 g/mol. The van der Waals surface area contributed by atoms with Gasteiger partial charge in [0.05, 0.1) is 45.2 Å². The van der Waals surface area contributed by atoms with Crippen molar-refractivity contribution in [2.45, 2.75) is 95.0 Å². The third-order valence-electron chi connectivity index (χ3n) is 14.0. The number of anilines is 1. The first-order chi connectivity index (χ1) is 40.7. The summed E-state index contributed by atoms with van der Waals surface area (Å²) in [6, 6.07) is 3.97. The minimum atomic E-state index is -1.67. The number of halogens is 1. The summed E-state index contributed by atoms with van der Waals surface area (Å²) < 4.78 is 13.6. The first kappa shape index (κ1) is 69.7. The number of aldehydes is 1. The molecular weight excluding hydrogens is 1160 g/mol. The van der Waals surface area contributed by atoms with E-state index < -0.39 is 158 Å². The largest absolute Gasteiger partial charge is 0.481 e. The van der Waals surface area contributed by atoms with Gasteiger partial charge < -0.3 is 77.8 Å². The summed E-state index contributed by atoms with van der Waals surface area (Å²) >= 11 is 5.38. The van der Waals surface area contributed by atoms with E-state index in [1.807, 2.05) is 0 Å². The van der Waals surface area contributed by atoms with Crippen LogP contribution >= 0.6 is 12.2 Å². The lowest BCUT2D eigenvalue weighted by Crippen LogP contribution is -2.59. The number of carboxylic acid groups (broad SMARTS) is 5. The Bertz CT molecular complexity index is 2780. The molecule has 0 spiro atoms. The molecule has 30 nitrogen and oxygen atoms in total. The van der Waals surface area contributed by atoms with Crippen LogP contribution in [0.25, 0.3) is 0 Å². The second kappa shape index (κ2) is 34.9. The molecule has 2 aromatic carbocycles. The lowest BCUT2D eigenvalue weighted by Gasteiger charge is -2.33. The normalized spacial score (nSPS) is 17.9. The van der Waals surface area contributed by atoms with Crippen LogP contribution in [0.2, 0.25) is 0 Å². The number of thiocarbonyl (C=S) groups is 1. The molecule has 2 fully saturated rings. The highest BCUT2D eigenvalue weighted by molar-refractivity contribution is 7.80. The van der Waals surface area contributed by atoms with Crippen molar-refractivity contribution in [3.8, 4) is 0 Å². The molecule has 7 atom stereocenters. The molecular formula is C54H73FN12O18S. The zero-order valence-corrected chi connectivity index (χ0v) is 48.1. The summed E-state index contributed by atoms with van der Waals surface area (Å²) in [5, 5.41) is 68.0. The fraction of sp³-hybridized carbons (Fsp3) is 0.519. The molecule has 32 heteroatoms. The summed E-state index contributed by atoms with van der Waals surface area (Å²) in [5.74, 6) is -13.2. The second-order valence-electron chi connectivity index (χ2n) is 20.6. The van der Waals surface area contributed by atoms with Crippen molar-refractivity contribution in [2.75, 3.05) is 83.9 Å². The van der Waals surface area contributed by atoms with Crippen LogP contribution in [0.1, 0.15) is 68.3 Å². The molecule has 2 unspecified atom stereocenters. The molecule has 2 aromatic rings. The van der Waals surface area contributed by atoms with E-state index in [2.05, 4.69) is 42.5 Å². The molecule has 2 aliphatic heterocycles. The van der Waals surface area contributed by atoms with Crippen LogP contribution in [-0.4, -0.2) is 243 Å². The Morgan fingerprint density at radius 1 is 0.698 bits per heavy atom. The Morgan fingerprint density at radius 2 is 1.31 bits per heavy atom. The van der Waals surface area contributed by atoms with E-state index in [-0.39, 0.29) is 95.1 Å². The zero-order valence-electron chi connectivity index (χ0n) is 47.3. The lowest BCUT2D eigenvalue weighted by molar-refractivity contribution is -0.144. The number of aliphatic carboxylic acids is 5. The molecule has 4 rings (SSSR count). The van der Waals surface area contributed by atoms with Gasteiger partial charge in [-0.05, 0) is 79.4 Å². The summed E-state index contributed by atoms with van der Waals surface area (Å²) in [7, 11) is 0. The first-order valence-electron chi connectivity index (χ1n) is 27.4. The molecule has 7 amide bonds. The standard InChI is InChI=1S/C54H73FN12O18S/c1-3-31(2)49(52(84)62-39(12-13-44(72)73)53(85)67-25-36(59-50(82)33-6-8-34(55)9-7-33)21-40(67)51(83)60-37(30-68)22-45(74)75)63-43(71)24-58-42(70)23-57-41(69)14-15-56-54(86)61-35-10-4-32(5-11-35)20-38-26-65(28-47(78)79)17-16-64(27-46(76)77)18-19-66(38)29-48(80)81/h4-11,30-31,36-40,49H,3,12-29H2,1-2H3,(H,57,69)(H,58,70)(H,59,82)(H,60,83)(H,62,84)(H,63,71)(H,72,73)(H,74,75)(H,76,77)(H,78,79)(H,80,81)(H2,56,61,86)/t31-,36?,37-,38?,39-,40-,49-/m0/s1. The topological polar surface area (TPSA) is 432 Å². The SMILES string of the molecule is CC[C@H](C)[C@H](NC(=O)CNC(=O)CNC(=O)CCNC(=S)Nc1ccc(CC2CN(CC(=O)O)CCN(CC(=O)O)CCN2CC(=O)O)cc1)C(=O)N[C@@H](CCC(=O)O)C(=O)N1CC(NC(=O)c2ccc(F)cc2)C[C@H]1C(=O)N[C@H](C=O)CC(=O)O. The van der Waals surface area contributed by atoms with Crippen LogP contribution in [0.4, 0.5) is 10.1 Å². The van der Waals surface area contributed by atoms with Gasteiger partial charge in [0.25, 0.3) is 5.91 Å². The smallest absolute Gasteiger partial charge is 0.317 e. The van der Waals surface area contributed by atoms with Gasteiger partial charge in [-0.2, -0.15) is 0 Å². The van der Waals surface area contributed by atoms with Crippen molar-refractivity contribution >= 4 is 101 Å². The number of benzene rings is 2. The number of amides is 7. The van der Waals surface area contributed by atoms with Crippen LogP contribution in [0.5, 0.6) is 0 Å². The maximum Gasteiger partial charge on any atom is 0.317 e. The maximum absolute atomic E-state index is 14.4. The summed E-state index contributed by atoms with van der Waals surface area (Å²) in [6.07, 6.45) is -1.67. The first-order valence-corrected chi connectivity index (χ1v) is 27.8. The molecule has 0 aromatic heterocycles. The van der Waals surface area contributed by atoms with Gasteiger partial charge >= 0.3 is 29.8 Å². The van der Waals surface area contributed by atoms with E-state index in [0.29, 0.717) is 12.1 Å². The quantitative estimate of drug-likeness (QED) is 0.0261. The lowest BCUT2D eigenvalue weighted by atomic mass is 9.97. The van der Waals surface area contributed by atoms with Crippen LogP contribution in [0.15, 0.2) is 48.5 Å². The van der Waals surface area contributed by atoms with Crippen molar-refractivity contribution in [2.24, 2.45) is 5.92 Å². The van der Waals surface area contributed by atoms with Crippen LogP contribution in [-0.2, 0) is 64.0 Å². The molecule has 470 valence electrons. The van der Waals surface area contributed by atoms with Gasteiger partial charge in [-0.15, -0.1) is 0 Å². The number of hydrogen-bond donors (Lipinski definition) is 13. The van der Waals surface area contributed by atoms with E-state index in [1.165, 1.54) is 12.1 Å². The number of nitrogens with zero attached hydrogens (tertiary/aromatic N) is 4. The molecule has 2 saturated heterocycles. The number of likely N-dealkylation sites (tertiary alicyclic amines) is 1. The van der Waals surface area contributed by atoms with Gasteiger partial charge in [0.2, 0.25) is 35.4 Å². The minimum Gasteiger partial charge on any atom is -0.481 e. The van der Waals surface area contributed by atoms with Gasteiger partial charge in [0, 0.05) is 82.0 Å². The molecule has 0 saturated carbocycles. The highest BCUT2D eigenvalue weighted by Crippen LogP contribution is 2.23. The fourth-order valence-electron chi connectivity index (χ4n) is 9.40. The molecule has 2 aliphatic rings. The number of carboxylic acids is 5. The Hall–Kier alpha value is -8.75. The fourth-order valence-corrected chi connectivity index (χ4v) is 9.62. The number of carbonyl (C=O) groups is 13. The number of rotatable bonds is 32.